The third-order valence-corrected chi connectivity index (χ3v) is 6.73. The number of nitrogens with one attached hydrogen (secondary N) is 1. The average molecular weight is 483 g/mol. The minimum atomic E-state index is -4.75. The monoisotopic (exact) mass is 482 g/mol. The van der Waals surface area contributed by atoms with Crippen LogP contribution in [0.4, 0.5) is 18.9 Å². The molecule has 0 radical (unpaired) electrons. The second-order valence-corrected chi connectivity index (χ2v) is 9.11. The summed E-state index contributed by atoms with van der Waals surface area (Å²) < 4.78 is 40.5. The Kier molecular flexibility index (Phi) is 7.20. The van der Waals surface area contributed by atoms with Crippen LogP contribution in [0.3, 0.4) is 0 Å². The van der Waals surface area contributed by atoms with E-state index in [2.05, 4.69) is 26.4 Å². The van der Waals surface area contributed by atoms with Crippen LogP contribution in [0.25, 0.3) is 0 Å². The lowest BCUT2D eigenvalue weighted by molar-refractivity contribution is -0.274. The van der Waals surface area contributed by atoms with E-state index < -0.39 is 6.36 Å². The van der Waals surface area contributed by atoms with Gasteiger partial charge in [0.15, 0.2) is 0 Å². The molecule has 178 valence electrons. The number of benzene rings is 1. The van der Waals surface area contributed by atoms with Gasteiger partial charge in [-0.15, -0.1) is 24.5 Å². The van der Waals surface area contributed by atoms with E-state index in [1.54, 1.807) is 11.3 Å². The molecule has 3 heterocycles. The van der Waals surface area contributed by atoms with Crippen LogP contribution in [0, 0.1) is 0 Å². The molecule has 2 amide bonds. The number of alkyl halides is 3. The lowest BCUT2D eigenvalue weighted by atomic mass is 10.1. The molecule has 1 fully saturated rings. The van der Waals surface area contributed by atoms with E-state index in [0.29, 0.717) is 38.4 Å². The number of thiophene rings is 1. The first kappa shape index (κ1) is 23.5. The number of nitrogens with zero attached hydrogens (tertiary/aromatic N) is 3. The number of amides is 2. The van der Waals surface area contributed by atoms with Gasteiger partial charge < -0.3 is 15.0 Å². The fraction of sp³-hybridized carbons (Fsp3) is 0.455. The molecule has 0 atom stereocenters. The van der Waals surface area contributed by atoms with Crippen molar-refractivity contribution in [3.63, 3.8) is 0 Å². The van der Waals surface area contributed by atoms with E-state index in [1.165, 1.54) is 22.6 Å². The Morgan fingerprint density at radius 2 is 1.70 bits per heavy atom. The SMILES string of the molecule is O=C(CN1CCN(C(=O)CN2CCc3sccc3C2)CC1)Nc1ccc(OC(F)(F)F)cc1. The number of fused-ring (bicyclic) bond motifs is 1. The van der Waals surface area contributed by atoms with E-state index in [-0.39, 0.29) is 24.1 Å². The lowest BCUT2D eigenvalue weighted by Gasteiger charge is -2.36. The lowest BCUT2D eigenvalue weighted by Crippen LogP contribution is -2.52. The zero-order valence-corrected chi connectivity index (χ0v) is 18.8. The molecule has 0 saturated carbocycles. The maximum Gasteiger partial charge on any atom is 0.573 e. The van der Waals surface area contributed by atoms with Crippen LogP contribution in [0.2, 0.25) is 0 Å². The number of ether oxygens (including phenoxy) is 1. The molecule has 0 aliphatic carbocycles. The fourth-order valence-electron chi connectivity index (χ4n) is 4.03. The van der Waals surface area contributed by atoms with E-state index in [4.69, 9.17) is 0 Å². The number of piperazine rings is 1. The number of anilines is 1. The summed E-state index contributed by atoms with van der Waals surface area (Å²) >= 11 is 1.78. The van der Waals surface area contributed by atoms with Gasteiger partial charge in [-0.05, 0) is 47.7 Å². The van der Waals surface area contributed by atoms with Crippen LogP contribution in [0.5, 0.6) is 5.75 Å². The van der Waals surface area contributed by atoms with Crippen molar-refractivity contribution >= 4 is 28.8 Å². The number of carbonyl (C=O) groups excluding carboxylic acids is 2. The smallest absolute Gasteiger partial charge is 0.406 e. The summed E-state index contributed by atoms with van der Waals surface area (Å²) in [6.45, 7) is 4.56. The van der Waals surface area contributed by atoms with Gasteiger partial charge in [-0.3, -0.25) is 19.4 Å². The quantitative estimate of drug-likeness (QED) is 0.686. The second kappa shape index (κ2) is 10.1. The Labute approximate surface area is 193 Å². The first-order valence-corrected chi connectivity index (χ1v) is 11.6. The second-order valence-electron chi connectivity index (χ2n) is 8.11. The van der Waals surface area contributed by atoms with Crippen LogP contribution in [-0.2, 0) is 22.6 Å². The Hall–Kier alpha value is -2.63. The Balaban J connectivity index is 1.17. The normalized spacial score (nSPS) is 17.5. The fourth-order valence-corrected chi connectivity index (χ4v) is 4.92. The van der Waals surface area contributed by atoms with E-state index in [9.17, 15) is 22.8 Å². The van der Waals surface area contributed by atoms with Crippen LogP contribution in [-0.4, -0.2) is 78.7 Å². The van der Waals surface area contributed by atoms with Crippen molar-refractivity contribution in [3.05, 3.63) is 46.2 Å². The highest BCUT2D eigenvalue weighted by molar-refractivity contribution is 7.10. The maximum atomic E-state index is 12.7. The molecular weight excluding hydrogens is 457 g/mol. The number of rotatable bonds is 6. The zero-order valence-electron chi connectivity index (χ0n) is 17.9. The number of hydrogen-bond donors (Lipinski definition) is 1. The highest BCUT2D eigenvalue weighted by Crippen LogP contribution is 2.25. The summed E-state index contributed by atoms with van der Waals surface area (Å²) in [6, 6.07) is 7.14. The van der Waals surface area contributed by atoms with Gasteiger partial charge >= 0.3 is 6.36 Å². The van der Waals surface area contributed by atoms with Crippen LogP contribution >= 0.6 is 11.3 Å². The molecule has 0 bridgehead atoms. The summed E-state index contributed by atoms with van der Waals surface area (Å²) in [7, 11) is 0. The van der Waals surface area contributed by atoms with Gasteiger partial charge in [-0.1, -0.05) is 0 Å². The van der Waals surface area contributed by atoms with Crippen molar-refractivity contribution in [1.82, 2.24) is 14.7 Å². The number of hydrogen-bond acceptors (Lipinski definition) is 6. The van der Waals surface area contributed by atoms with Crippen molar-refractivity contribution in [2.75, 3.05) is 51.1 Å². The average Bonchev–Trinajstić information content (AvgIpc) is 3.22. The Bertz CT molecular complexity index is 972. The van der Waals surface area contributed by atoms with Crippen molar-refractivity contribution in [2.45, 2.75) is 19.3 Å². The maximum absolute atomic E-state index is 12.7. The third-order valence-electron chi connectivity index (χ3n) is 5.71. The molecule has 2 aromatic rings. The van der Waals surface area contributed by atoms with E-state index in [1.807, 2.05) is 9.80 Å². The molecule has 7 nitrogen and oxygen atoms in total. The summed E-state index contributed by atoms with van der Waals surface area (Å²) in [5.74, 6) is -0.500. The predicted molar refractivity (Wildman–Crippen MR) is 118 cm³/mol. The molecule has 33 heavy (non-hydrogen) atoms. The Morgan fingerprint density at radius 1 is 0.970 bits per heavy atom. The highest BCUT2D eigenvalue weighted by Gasteiger charge is 2.31. The standard InChI is InChI=1S/C22H25F3N4O3S/c23-22(24,25)32-18-3-1-17(2-4-18)26-20(30)14-27-8-10-29(11-9-27)21(31)15-28-7-5-19-16(13-28)6-12-33-19/h1-4,6,12H,5,7-11,13-15H2,(H,26,30). The predicted octanol–water partition coefficient (Wildman–Crippen LogP) is 2.79. The van der Waals surface area contributed by atoms with E-state index in [0.717, 1.165) is 31.6 Å². The van der Waals surface area contributed by atoms with Crippen LogP contribution < -0.4 is 10.1 Å². The molecule has 2 aliphatic rings. The summed E-state index contributed by atoms with van der Waals surface area (Å²) in [5.41, 5.74) is 1.70. The van der Waals surface area contributed by atoms with Crippen LogP contribution in [0.15, 0.2) is 35.7 Å². The van der Waals surface area contributed by atoms with Crippen molar-refractivity contribution < 1.29 is 27.5 Å². The van der Waals surface area contributed by atoms with Gasteiger partial charge in [-0.25, -0.2) is 0 Å². The molecule has 1 N–H and O–H groups in total. The van der Waals surface area contributed by atoms with Gasteiger partial charge in [0.1, 0.15) is 5.75 Å². The first-order chi connectivity index (χ1) is 15.7. The van der Waals surface area contributed by atoms with Crippen LogP contribution in [0.1, 0.15) is 10.4 Å². The topological polar surface area (TPSA) is 65.1 Å². The van der Waals surface area contributed by atoms with E-state index >= 15 is 0 Å². The summed E-state index contributed by atoms with van der Waals surface area (Å²) in [6.07, 6.45) is -3.77. The largest absolute Gasteiger partial charge is 0.573 e. The molecule has 2 aliphatic heterocycles. The van der Waals surface area contributed by atoms with Gasteiger partial charge in [0.2, 0.25) is 11.8 Å². The van der Waals surface area contributed by atoms with Crippen molar-refractivity contribution in [1.29, 1.82) is 0 Å². The minimum absolute atomic E-state index is 0.110. The Morgan fingerprint density at radius 3 is 2.39 bits per heavy atom. The molecule has 0 spiro atoms. The molecule has 1 aromatic heterocycles. The molecule has 0 unspecified atom stereocenters. The third kappa shape index (κ3) is 6.68. The molecule has 4 rings (SSSR count). The summed E-state index contributed by atoms with van der Waals surface area (Å²) in [4.78, 5) is 32.4. The van der Waals surface area contributed by atoms with Gasteiger partial charge in [0, 0.05) is 49.8 Å². The van der Waals surface area contributed by atoms with Crippen molar-refractivity contribution in [3.8, 4) is 5.75 Å². The highest BCUT2D eigenvalue weighted by atomic mass is 32.1. The summed E-state index contributed by atoms with van der Waals surface area (Å²) in [5, 5.41) is 4.77. The molecule has 1 saturated heterocycles. The molecular formula is C22H25F3N4O3S. The van der Waals surface area contributed by atoms with Crippen molar-refractivity contribution in [2.24, 2.45) is 0 Å². The van der Waals surface area contributed by atoms with Gasteiger partial charge in [0.25, 0.3) is 0 Å². The van der Waals surface area contributed by atoms with Gasteiger partial charge in [0.05, 0.1) is 13.1 Å². The first-order valence-electron chi connectivity index (χ1n) is 10.7. The van der Waals surface area contributed by atoms with Gasteiger partial charge in [-0.2, -0.15) is 0 Å². The molecule has 1 aromatic carbocycles. The number of carbonyl (C=O) groups is 2. The minimum Gasteiger partial charge on any atom is -0.406 e. The molecule has 11 heteroatoms. The number of halogens is 3. The zero-order chi connectivity index (χ0) is 23.4.